The van der Waals surface area contributed by atoms with Gasteiger partial charge in [0, 0.05) is 7.05 Å². The molecule has 1 rings (SSSR count). The Labute approximate surface area is 93.6 Å². The summed E-state index contributed by atoms with van der Waals surface area (Å²) in [6.45, 7) is 1.80. The molecular formula is C11H14FN3O. The monoisotopic (exact) mass is 223 g/mol. The number of nitrogens with one attached hydrogen (secondary N) is 2. The van der Waals surface area contributed by atoms with E-state index in [4.69, 9.17) is 10.1 Å². The molecule has 0 unspecified atom stereocenters. The second-order valence-electron chi connectivity index (χ2n) is 3.17. The highest BCUT2D eigenvalue weighted by Gasteiger charge is 2.15. The zero-order valence-electron chi connectivity index (χ0n) is 9.47. The molecule has 1 aromatic carbocycles. The number of nitrogens with zero attached hydrogens (tertiary/aromatic N) is 1. The first-order chi connectivity index (χ1) is 7.61. The predicted molar refractivity (Wildman–Crippen MR) is 62.1 cm³/mol. The van der Waals surface area contributed by atoms with Crippen LogP contribution in [0.15, 0.2) is 17.2 Å². The van der Waals surface area contributed by atoms with Crippen LogP contribution in [0.1, 0.15) is 11.1 Å². The maximum Gasteiger partial charge on any atom is 0.136 e. The number of hydrazone groups is 1. The summed E-state index contributed by atoms with van der Waals surface area (Å²) in [5.74, 6) is -0.123. The van der Waals surface area contributed by atoms with Crippen LogP contribution in [0.5, 0.6) is 5.75 Å². The molecule has 0 bridgehead atoms. The normalized spacial score (nSPS) is 10.5. The Kier molecular flexibility index (Phi) is 3.99. The van der Waals surface area contributed by atoms with Gasteiger partial charge in [-0.25, -0.2) is 4.39 Å². The molecule has 0 aliphatic carbocycles. The van der Waals surface area contributed by atoms with Crippen molar-refractivity contribution in [2.24, 2.45) is 5.10 Å². The van der Waals surface area contributed by atoms with Gasteiger partial charge in [-0.05, 0) is 18.6 Å². The molecule has 0 heterocycles. The molecule has 16 heavy (non-hydrogen) atoms. The number of halogens is 1. The van der Waals surface area contributed by atoms with E-state index in [0.717, 1.165) is 5.56 Å². The number of hydrogen-bond donors (Lipinski definition) is 2. The average molecular weight is 223 g/mol. The highest BCUT2D eigenvalue weighted by atomic mass is 19.1. The molecular weight excluding hydrogens is 209 g/mol. The molecule has 2 N–H and O–H groups in total. The van der Waals surface area contributed by atoms with E-state index in [0.29, 0.717) is 5.75 Å². The van der Waals surface area contributed by atoms with Crippen LogP contribution in [0.3, 0.4) is 0 Å². The fourth-order valence-electron chi connectivity index (χ4n) is 1.37. The van der Waals surface area contributed by atoms with Gasteiger partial charge in [0.1, 0.15) is 11.6 Å². The molecule has 0 spiro atoms. The van der Waals surface area contributed by atoms with Crippen molar-refractivity contribution in [3.63, 3.8) is 0 Å². The Hall–Kier alpha value is -1.91. The predicted octanol–water partition coefficient (Wildman–Crippen LogP) is 1.72. The molecule has 86 valence electrons. The first-order valence-corrected chi connectivity index (χ1v) is 4.73. The van der Waals surface area contributed by atoms with Crippen LogP contribution < -0.4 is 10.2 Å². The first-order valence-electron chi connectivity index (χ1n) is 4.73. The van der Waals surface area contributed by atoms with Crippen molar-refractivity contribution in [3.05, 3.63) is 29.1 Å². The molecule has 0 amide bonds. The van der Waals surface area contributed by atoms with Crippen molar-refractivity contribution in [1.82, 2.24) is 5.43 Å². The van der Waals surface area contributed by atoms with Gasteiger partial charge in [-0.3, -0.25) is 5.41 Å². The molecule has 0 saturated heterocycles. The third kappa shape index (κ3) is 2.36. The van der Waals surface area contributed by atoms with Crippen LogP contribution in [0.4, 0.5) is 4.39 Å². The van der Waals surface area contributed by atoms with Gasteiger partial charge in [0.05, 0.1) is 24.6 Å². The molecule has 0 aliphatic heterocycles. The lowest BCUT2D eigenvalue weighted by atomic mass is 10.1. The van der Waals surface area contributed by atoms with Crippen molar-refractivity contribution in [3.8, 4) is 5.75 Å². The van der Waals surface area contributed by atoms with Gasteiger partial charge in [0.25, 0.3) is 0 Å². The maximum absolute atomic E-state index is 13.6. The summed E-state index contributed by atoms with van der Waals surface area (Å²) in [5, 5.41) is 11.4. The highest BCUT2D eigenvalue weighted by Crippen LogP contribution is 2.25. The molecule has 4 nitrogen and oxygen atoms in total. The summed E-state index contributed by atoms with van der Waals surface area (Å²) in [4.78, 5) is 0. The number of benzene rings is 1. The molecule has 0 saturated carbocycles. The number of rotatable bonds is 4. The van der Waals surface area contributed by atoms with E-state index >= 15 is 0 Å². The van der Waals surface area contributed by atoms with E-state index in [2.05, 4.69) is 10.5 Å². The van der Waals surface area contributed by atoms with Crippen molar-refractivity contribution in [2.75, 3.05) is 14.2 Å². The minimum atomic E-state index is -0.491. The SMILES string of the molecule is CN/N=C\C(=N)c1c(F)ccc(C)c1OC. The summed E-state index contributed by atoms with van der Waals surface area (Å²) in [6, 6.07) is 2.93. The zero-order chi connectivity index (χ0) is 12.1. The summed E-state index contributed by atoms with van der Waals surface area (Å²) < 4.78 is 18.7. The Morgan fingerprint density at radius 3 is 2.81 bits per heavy atom. The topological polar surface area (TPSA) is 57.5 Å². The molecule has 0 radical (unpaired) electrons. The molecule has 0 aliphatic rings. The minimum absolute atomic E-state index is 0.0348. The standard InChI is InChI=1S/C11H14FN3O/c1-7-4-5-8(12)10(11(7)16-3)9(13)6-15-14-2/h4-6,13-14H,1-3H3/b13-9?,15-6-. The first kappa shape index (κ1) is 12.2. The molecule has 1 aromatic rings. The number of methoxy groups -OCH3 is 1. The molecule has 5 heteroatoms. The second kappa shape index (κ2) is 5.25. The Morgan fingerprint density at radius 2 is 2.25 bits per heavy atom. The third-order valence-electron chi connectivity index (χ3n) is 2.10. The van der Waals surface area contributed by atoms with E-state index in [9.17, 15) is 4.39 Å². The highest BCUT2D eigenvalue weighted by molar-refractivity contribution is 6.37. The van der Waals surface area contributed by atoms with Crippen LogP contribution in [-0.2, 0) is 0 Å². The third-order valence-corrected chi connectivity index (χ3v) is 2.10. The lowest BCUT2D eigenvalue weighted by Crippen LogP contribution is -2.09. The van der Waals surface area contributed by atoms with Gasteiger partial charge in [-0.2, -0.15) is 5.10 Å². The second-order valence-corrected chi connectivity index (χ2v) is 3.17. The van der Waals surface area contributed by atoms with Crippen LogP contribution in [0.2, 0.25) is 0 Å². The largest absolute Gasteiger partial charge is 0.496 e. The Balaban J connectivity index is 3.25. The van der Waals surface area contributed by atoms with Gasteiger partial charge in [0.15, 0.2) is 0 Å². The average Bonchev–Trinajstić information content (AvgIpc) is 2.28. The Morgan fingerprint density at radius 1 is 1.56 bits per heavy atom. The summed E-state index contributed by atoms with van der Waals surface area (Å²) >= 11 is 0. The van der Waals surface area contributed by atoms with Crippen molar-refractivity contribution < 1.29 is 9.13 Å². The number of ether oxygens (including phenoxy) is 1. The van der Waals surface area contributed by atoms with E-state index in [1.165, 1.54) is 19.4 Å². The van der Waals surface area contributed by atoms with E-state index in [-0.39, 0.29) is 11.3 Å². The van der Waals surface area contributed by atoms with Crippen LogP contribution in [0.25, 0.3) is 0 Å². The van der Waals surface area contributed by atoms with Crippen molar-refractivity contribution in [1.29, 1.82) is 5.41 Å². The Bertz CT molecular complexity index is 429. The van der Waals surface area contributed by atoms with Gasteiger partial charge < -0.3 is 10.2 Å². The molecule has 0 aromatic heterocycles. The molecule has 0 atom stereocenters. The van der Waals surface area contributed by atoms with Gasteiger partial charge in [-0.15, -0.1) is 0 Å². The fourth-order valence-corrected chi connectivity index (χ4v) is 1.37. The van der Waals surface area contributed by atoms with E-state index in [1.54, 1.807) is 20.0 Å². The van der Waals surface area contributed by atoms with E-state index in [1.807, 2.05) is 0 Å². The quantitative estimate of drug-likeness (QED) is 0.603. The fraction of sp³-hybridized carbons (Fsp3) is 0.273. The van der Waals surface area contributed by atoms with Gasteiger partial charge >= 0.3 is 0 Å². The molecule has 0 fully saturated rings. The zero-order valence-corrected chi connectivity index (χ0v) is 9.47. The smallest absolute Gasteiger partial charge is 0.136 e. The van der Waals surface area contributed by atoms with Gasteiger partial charge in [-0.1, -0.05) is 6.07 Å². The number of hydrogen-bond acceptors (Lipinski definition) is 4. The van der Waals surface area contributed by atoms with Crippen LogP contribution in [-0.4, -0.2) is 26.1 Å². The summed E-state index contributed by atoms with van der Waals surface area (Å²) in [6.07, 6.45) is 1.24. The maximum atomic E-state index is 13.6. The summed E-state index contributed by atoms with van der Waals surface area (Å²) in [5.41, 5.74) is 3.38. The van der Waals surface area contributed by atoms with Crippen molar-refractivity contribution >= 4 is 11.9 Å². The van der Waals surface area contributed by atoms with Crippen LogP contribution in [0, 0.1) is 18.2 Å². The lowest BCUT2D eigenvalue weighted by Gasteiger charge is -2.11. The number of aryl methyl sites for hydroxylation is 1. The lowest BCUT2D eigenvalue weighted by molar-refractivity contribution is 0.407. The summed E-state index contributed by atoms with van der Waals surface area (Å²) in [7, 11) is 3.06. The minimum Gasteiger partial charge on any atom is -0.496 e. The van der Waals surface area contributed by atoms with Crippen LogP contribution >= 0.6 is 0 Å². The van der Waals surface area contributed by atoms with E-state index < -0.39 is 5.82 Å². The van der Waals surface area contributed by atoms with Gasteiger partial charge in [0.2, 0.25) is 0 Å². The van der Waals surface area contributed by atoms with Crippen molar-refractivity contribution in [2.45, 2.75) is 6.92 Å².